The molecule has 22 heavy (non-hydrogen) atoms. The summed E-state index contributed by atoms with van der Waals surface area (Å²) in [6.07, 6.45) is 10.6. The van der Waals surface area contributed by atoms with Gasteiger partial charge in [0, 0.05) is 36.7 Å². The number of nitrogens with zero attached hydrogens (tertiary/aromatic N) is 1. The molecule has 0 atom stereocenters. The van der Waals surface area contributed by atoms with E-state index >= 15 is 0 Å². The monoisotopic (exact) mass is 322 g/mol. The van der Waals surface area contributed by atoms with Crippen LogP contribution in [-0.2, 0) is 28.7 Å². The van der Waals surface area contributed by atoms with E-state index in [-0.39, 0.29) is 5.79 Å². The highest BCUT2D eigenvalue weighted by molar-refractivity contribution is 7.11. The topological polar surface area (TPSA) is 43.4 Å². The van der Waals surface area contributed by atoms with Crippen LogP contribution in [0.5, 0.6) is 0 Å². The number of fused-ring (bicyclic) bond motifs is 1. The van der Waals surface area contributed by atoms with E-state index in [1.165, 1.54) is 36.4 Å². The zero-order valence-electron chi connectivity index (χ0n) is 13.2. The molecule has 1 saturated heterocycles. The number of rotatable bonds is 4. The van der Waals surface area contributed by atoms with Crippen molar-refractivity contribution in [2.24, 2.45) is 0 Å². The molecule has 4 nitrogen and oxygen atoms in total. The summed E-state index contributed by atoms with van der Waals surface area (Å²) in [5.41, 5.74) is 1.39. The lowest BCUT2D eigenvalue weighted by atomic mass is 9.90. The van der Waals surface area contributed by atoms with Gasteiger partial charge in [-0.1, -0.05) is 0 Å². The molecule has 0 aromatic carbocycles. The van der Waals surface area contributed by atoms with E-state index < -0.39 is 0 Å². The summed E-state index contributed by atoms with van der Waals surface area (Å²) in [6, 6.07) is 0.619. The Morgan fingerprint density at radius 1 is 1.14 bits per heavy atom. The first kappa shape index (κ1) is 15.1. The van der Waals surface area contributed by atoms with Crippen molar-refractivity contribution in [3.05, 3.63) is 15.6 Å². The maximum absolute atomic E-state index is 5.79. The van der Waals surface area contributed by atoms with Gasteiger partial charge in [-0.15, -0.1) is 11.3 Å². The third kappa shape index (κ3) is 3.23. The third-order valence-electron chi connectivity index (χ3n) is 5.22. The Labute approximate surface area is 136 Å². The molecule has 0 radical (unpaired) electrons. The molecule has 1 spiro atoms. The number of ether oxygens (including phenoxy) is 2. The van der Waals surface area contributed by atoms with Crippen LogP contribution in [0.4, 0.5) is 0 Å². The molecule has 0 amide bonds. The van der Waals surface area contributed by atoms with Gasteiger partial charge in [0.15, 0.2) is 5.79 Å². The summed E-state index contributed by atoms with van der Waals surface area (Å²) in [5, 5.41) is 5.04. The van der Waals surface area contributed by atoms with Crippen LogP contribution in [-0.4, -0.2) is 36.6 Å². The van der Waals surface area contributed by atoms with Gasteiger partial charge < -0.3 is 14.8 Å². The highest BCUT2D eigenvalue weighted by atomic mass is 32.1. The van der Waals surface area contributed by atoms with Gasteiger partial charge in [-0.05, 0) is 38.5 Å². The van der Waals surface area contributed by atoms with Gasteiger partial charge in [0.25, 0.3) is 0 Å². The van der Waals surface area contributed by atoms with Gasteiger partial charge in [-0.25, -0.2) is 4.98 Å². The van der Waals surface area contributed by atoms with Crippen molar-refractivity contribution in [1.82, 2.24) is 10.3 Å². The molecule has 2 fully saturated rings. The zero-order chi connectivity index (χ0) is 14.8. The minimum Gasteiger partial charge on any atom is -0.348 e. The molecule has 122 valence electrons. The SMILES string of the molecule is C1CCc2sc(CCNC3CCC4(CC3)OCCO4)nc2C1. The predicted molar refractivity (Wildman–Crippen MR) is 87.4 cm³/mol. The molecule has 1 aliphatic heterocycles. The van der Waals surface area contributed by atoms with Crippen molar-refractivity contribution in [3.63, 3.8) is 0 Å². The predicted octanol–water partition coefficient (Wildman–Crippen LogP) is 2.84. The fourth-order valence-electron chi connectivity index (χ4n) is 3.94. The molecule has 3 aliphatic rings. The number of thiazole rings is 1. The third-order valence-corrected chi connectivity index (χ3v) is 6.44. The van der Waals surface area contributed by atoms with Crippen LogP contribution in [0.15, 0.2) is 0 Å². The van der Waals surface area contributed by atoms with Crippen LogP contribution in [0.25, 0.3) is 0 Å². The smallest absolute Gasteiger partial charge is 0.168 e. The fraction of sp³-hybridized carbons (Fsp3) is 0.824. The van der Waals surface area contributed by atoms with Gasteiger partial charge >= 0.3 is 0 Å². The van der Waals surface area contributed by atoms with Crippen molar-refractivity contribution in [3.8, 4) is 0 Å². The van der Waals surface area contributed by atoms with Crippen LogP contribution >= 0.6 is 11.3 Å². The van der Waals surface area contributed by atoms with Crippen molar-refractivity contribution in [1.29, 1.82) is 0 Å². The van der Waals surface area contributed by atoms with E-state index in [4.69, 9.17) is 14.5 Å². The number of aryl methyl sites for hydroxylation is 2. The van der Waals surface area contributed by atoms with Crippen molar-refractivity contribution in [2.45, 2.75) is 69.6 Å². The standard InChI is InChI=1S/C17H26N2O2S/c1-2-4-15-14(3-1)19-16(22-15)7-10-18-13-5-8-17(9-6-13)20-11-12-21-17/h13,18H,1-12H2. The first-order valence-corrected chi connectivity index (χ1v) is 9.63. The van der Waals surface area contributed by atoms with Crippen molar-refractivity contribution >= 4 is 11.3 Å². The van der Waals surface area contributed by atoms with Gasteiger partial charge in [0.1, 0.15) is 0 Å². The zero-order valence-corrected chi connectivity index (χ0v) is 14.1. The molecular formula is C17H26N2O2S. The van der Waals surface area contributed by atoms with E-state index in [0.29, 0.717) is 6.04 Å². The second kappa shape index (κ2) is 6.56. The number of aromatic nitrogens is 1. The van der Waals surface area contributed by atoms with Crippen LogP contribution in [0.2, 0.25) is 0 Å². The van der Waals surface area contributed by atoms with Crippen LogP contribution < -0.4 is 5.32 Å². The Morgan fingerprint density at radius 2 is 1.91 bits per heavy atom. The molecule has 2 heterocycles. The Kier molecular flexibility index (Phi) is 4.49. The molecular weight excluding hydrogens is 296 g/mol. The molecule has 2 aliphatic carbocycles. The molecule has 4 rings (SSSR count). The van der Waals surface area contributed by atoms with Crippen molar-refractivity contribution in [2.75, 3.05) is 19.8 Å². The van der Waals surface area contributed by atoms with Gasteiger partial charge in [0.05, 0.1) is 23.9 Å². The van der Waals surface area contributed by atoms with Crippen molar-refractivity contribution < 1.29 is 9.47 Å². The summed E-state index contributed by atoms with van der Waals surface area (Å²) in [6.45, 7) is 2.59. The highest BCUT2D eigenvalue weighted by Gasteiger charge is 2.40. The average Bonchev–Trinajstić information content (AvgIpc) is 3.16. The van der Waals surface area contributed by atoms with Gasteiger partial charge in [0.2, 0.25) is 0 Å². The summed E-state index contributed by atoms with van der Waals surface area (Å²) in [4.78, 5) is 6.38. The lowest BCUT2D eigenvalue weighted by Gasteiger charge is -2.35. The molecule has 5 heteroatoms. The molecule has 0 unspecified atom stereocenters. The molecule has 1 N–H and O–H groups in total. The summed E-state index contributed by atoms with van der Waals surface area (Å²) >= 11 is 1.95. The minimum atomic E-state index is -0.230. The Morgan fingerprint density at radius 3 is 2.68 bits per heavy atom. The molecule has 0 bridgehead atoms. The summed E-state index contributed by atoms with van der Waals surface area (Å²) in [5.74, 6) is -0.230. The molecule has 1 saturated carbocycles. The van der Waals surface area contributed by atoms with E-state index in [0.717, 1.165) is 51.9 Å². The van der Waals surface area contributed by atoms with E-state index in [9.17, 15) is 0 Å². The lowest BCUT2D eigenvalue weighted by molar-refractivity contribution is -0.179. The van der Waals surface area contributed by atoms with Gasteiger partial charge in [-0.2, -0.15) is 0 Å². The minimum absolute atomic E-state index is 0.230. The largest absolute Gasteiger partial charge is 0.348 e. The number of nitrogens with one attached hydrogen (secondary N) is 1. The average molecular weight is 322 g/mol. The quantitative estimate of drug-likeness (QED) is 0.926. The second-order valence-electron chi connectivity index (χ2n) is 6.77. The van der Waals surface area contributed by atoms with E-state index in [1.807, 2.05) is 11.3 Å². The van der Waals surface area contributed by atoms with E-state index in [1.54, 1.807) is 4.88 Å². The normalized spacial score (nSPS) is 24.7. The maximum Gasteiger partial charge on any atom is 0.168 e. The first-order valence-electron chi connectivity index (χ1n) is 8.82. The highest BCUT2D eigenvalue weighted by Crippen LogP contribution is 2.35. The maximum atomic E-state index is 5.79. The molecule has 1 aromatic rings. The van der Waals surface area contributed by atoms with E-state index in [2.05, 4.69) is 5.32 Å². The number of hydrogen-bond acceptors (Lipinski definition) is 5. The fourth-order valence-corrected chi connectivity index (χ4v) is 5.10. The first-order chi connectivity index (χ1) is 10.8. The molecule has 1 aromatic heterocycles. The lowest BCUT2D eigenvalue weighted by Crippen LogP contribution is -2.42. The summed E-state index contributed by atoms with van der Waals surface area (Å²) < 4.78 is 11.6. The summed E-state index contributed by atoms with van der Waals surface area (Å²) in [7, 11) is 0. The van der Waals surface area contributed by atoms with Gasteiger partial charge in [-0.3, -0.25) is 0 Å². The van der Waals surface area contributed by atoms with Crippen LogP contribution in [0.1, 0.15) is 54.1 Å². The number of hydrogen-bond donors (Lipinski definition) is 1. The van der Waals surface area contributed by atoms with Crippen LogP contribution in [0.3, 0.4) is 0 Å². The second-order valence-corrected chi connectivity index (χ2v) is 7.94. The Hall–Kier alpha value is -0.490. The Balaban J connectivity index is 1.21. The Bertz CT molecular complexity index is 477. The van der Waals surface area contributed by atoms with Crippen LogP contribution in [0, 0.1) is 0 Å².